The summed E-state index contributed by atoms with van der Waals surface area (Å²) in [5, 5.41) is 8.25. The zero-order valence-electron chi connectivity index (χ0n) is 47.7. The molecule has 0 saturated carbocycles. The van der Waals surface area contributed by atoms with Crippen LogP contribution in [0.2, 0.25) is 0 Å². The van der Waals surface area contributed by atoms with Crippen molar-refractivity contribution >= 4 is 19.6 Å². The van der Waals surface area contributed by atoms with Gasteiger partial charge in [-0.2, -0.15) is 0 Å². The molecule has 0 N–H and O–H groups in total. The topological polar surface area (TPSA) is 188 Å². The summed E-state index contributed by atoms with van der Waals surface area (Å²) >= 11 is 0. The molecule has 0 radical (unpaired) electrons. The predicted molar refractivity (Wildman–Crippen MR) is 300 cm³/mol. The molecular weight excluding hydrogens is 996 g/mol. The van der Waals surface area contributed by atoms with Crippen molar-refractivity contribution in [1.29, 1.82) is 0 Å². The van der Waals surface area contributed by atoms with Gasteiger partial charge < -0.3 is 56.4 Å². The SMILES string of the molecule is CCCCCCCCCCCCOc1cc(C=NCC(=O)Cn2cc(COCCOCCOCCOCCOCCOCCOCCOCCP(=O)(OCC)OCC)nn2)cc(OCCCCCCCCCCCC)c1. The molecule has 76 heavy (non-hydrogen) atoms. The lowest BCUT2D eigenvalue weighted by Gasteiger charge is -2.16. The second-order valence-electron chi connectivity index (χ2n) is 18.7. The molecule has 1 heterocycles. The third kappa shape index (κ3) is 42.1. The molecule has 0 atom stereocenters. The molecule has 0 aliphatic carbocycles. The van der Waals surface area contributed by atoms with Crippen LogP contribution in [-0.2, 0) is 69.5 Å². The summed E-state index contributed by atoms with van der Waals surface area (Å²) in [4.78, 5) is 17.3. The lowest BCUT2D eigenvalue weighted by Crippen LogP contribution is -2.15. The summed E-state index contributed by atoms with van der Waals surface area (Å²) in [6.07, 6.45) is 29.3. The summed E-state index contributed by atoms with van der Waals surface area (Å²) in [6.45, 7) is 16.9. The highest BCUT2D eigenvalue weighted by Gasteiger charge is 2.23. The number of nitrogens with zero attached hydrogens (tertiary/aromatic N) is 4. The molecule has 1 aromatic heterocycles. The van der Waals surface area contributed by atoms with Crippen molar-refractivity contribution in [3.63, 3.8) is 0 Å². The van der Waals surface area contributed by atoms with Crippen molar-refractivity contribution < 1.29 is 65.8 Å². The Balaban J connectivity index is 1.51. The Kier molecular flexibility index (Phi) is 47.0. The van der Waals surface area contributed by atoms with Crippen molar-refractivity contribution in [2.75, 3.05) is 138 Å². The van der Waals surface area contributed by atoms with E-state index in [1.54, 1.807) is 26.3 Å². The highest BCUT2D eigenvalue weighted by atomic mass is 31.2. The summed E-state index contributed by atoms with van der Waals surface area (Å²) < 4.78 is 81.2. The first-order valence-corrected chi connectivity index (χ1v) is 30.9. The van der Waals surface area contributed by atoms with E-state index in [9.17, 15) is 9.36 Å². The van der Waals surface area contributed by atoms with Crippen LogP contribution in [0.25, 0.3) is 0 Å². The molecule has 0 aliphatic rings. The first kappa shape index (κ1) is 69.2. The molecule has 0 aliphatic heterocycles. The molecule has 18 nitrogen and oxygen atoms in total. The van der Waals surface area contributed by atoms with Crippen LogP contribution >= 0.6 is 7.60 Å². The van der Waals surface area contributed by atoms with Crippen molar-refractivity contribution in [2.24, 2.45) is 4.99 Å². The molecular formula is C57H103N4O14P. The van der Waals surface area contributed by atoms with Crippen molar-refractivity contribution in [1.82, 2.24) is 15.0 Å². The Morgan fingerprint density at radius 3 is 1.29 bits per heavy atom. The molecule has 2 rings (SSSR count). The number of carbonyl (C=O) groups is 1. The maximum Gasteiger partial charge on any atom is 0.332 e. The van der Waals surface area contributed by atoms with Gasteiger partial charge in [-0.3, -0.25) is 14.4 Å². The Morgan fingerprint density at radius 1 is 0.500 bits per heavy atom. The number of unbranched alkanes of at least 4 members (excludes halogenated alkanes) is 18. The quantitative estimate of drug-likeness (QED) is 0.0345. The first-order valence-electron chi connectivity index (χ1n) is 29.2. The van der Waals surface area contributed by atoms with Crippen LogP contribution in [0.4, 0.5) is 0 Å². The van der Waals surface area contributed by atoms with Gasteiger partial charge in [0.25, 0.3) is 0 Å². The summed E-state index contributed by atoms with van der Waals surface area (Å²) in [6, 6.07) is 5.92. The average molecular weight is 1100 g/mol. The fraction of sp³-hybridized carbons (Fsp3) is 0.825. The molecule has 440 valence electrons. The smallest absolute Gasteiger partial charge is 0.332 e. The molecule has 0 unspecified atom stereocenters. The van der Waals surface area contributed by atoms with Gasteiger partial charge >= 0.3 is 7.60 Å². The Hall–Kier alpha value is -2.87. The highest BCUT2D eigenvalue weighted by Crippen LogP contribution is 2.47. The van der Waals surface area contributed by atoms with Gasteiger partial charge in [0.05, 0.1) is 151 Å². The lowest BCUT2D eigenvalue weighted by molar-refractivity contribution is -0.118. The van der Waals surface area contributed by atoms with E-state index in [0.29, 0.717) is 125 Å². The van der Waals surface area contributed by atoms with Crippen LogP contribution < -0.4 is 9.47 Å². The van der Waals surface area contributed by atoms with Crippen LogP contribution in [-0.4, -0.2) is 165 Å². The third-order valence-corrected chi connectivity index (χ3v) is 13.9. The van der Waals surface area contributed by atoms with Crippen molar-refractivity contribution in [3.8, 4) is 11.5 Å². The molecule has 0 saturated heterocycles. The van der Waals surface area contributed by atoms with E-state index in [4.69, 9.17) is 56.4 Å². The zero-order valence-corrected chi connectivity index (χ0v) is 48.6. The van der Waals surface area contributed by atoms with Gasteiger partial charge in [0.15, 0.2) is 5.78 Å². The molecule has 2 aromatic rings. The average Bonchev–Trinajstić information content (AvgIpc) is 3.86. The Morgan fingerprint density at radius 2 is 0.882 bits per heavy atom. The van der Waals surface area contributed by atoms with Crippen LogP contribution in [0.15, 0.2) is 29.4 Å². The fourth-order valence-corrected chi connectivity index (χ4v) is 9.28. The lowest BCUT2D eigenvalue weighted by atomic mass is 10.1. The van der Waals surface area contributed by atoms with E-state index in [1.165, 1.54) is 120 Å². The summed E-state index contributed by atoms with van der Waals surface area (Å²) in [5.41, 5.74) is 1.47. The van der Waals surface area contributed by atoms with Crippen molar-refractivity contribution in [3.05, 3.63) is 35.7 Å². The minimum atomic E-state index is -3.07. The van der Waals surface area contributed by atoms with E-state index in [-0.39, 0.29) is 38.2 Å². The summed E-state index contributed by atoms with van der Waals surface area (Å²) in [7, 11) is -3.07. The van der Waals surface area contributed by atoms with Crippen LogP contribution in [0, 0.1) is 0 Å². The van der Waals surface area contributed by atoms with Gasteiger partial charge in [0.2, 0.25) is 0 Å². The number of aliphatic imine (C=N–C) groups is 1. The Bertz CT molecular complexity index is 1640. The second-order valence-corrected chi connectivity index (χ2v) is 20.9. The number of ether oxygens (including phenoxy) is 10. The normalized spacial score (nSPS) is 11.9. The van der Waals surface area contributed by atoms with E-state index < -0.39 is 7.60 Å². The largest absolute Gasteiger partial charge is 0.493 e. The third-order valence-electron chi connectivity index (χ3n) is 11.9. The number of rotatable bonds is 59. The molecule has 0 spiro atoms. The van der Waals surface area contributed by atoms with Crippen molar-refractivity contribution in [2.45, 2.75) is 169 Å². The van der Waals surface area contributed by atoms with Crippen LogP contribution in [0.5, 0.6) is 11.5 Å². The van der Waals surface area contributed by atoms with E-state index in [0.717, 1.165) is 29.9 Å². The molecule has 1 aromatic carbocycles. The first-order chi connectivity index (χ1) is 37.4. The highest BCUT2D eigenvalue weighted by molar-refractivity contribution is 7.53. The minimum absolute atomic E-state index is 0.0170. The van der Waals surface area contributed by atoms with E-state index in [1.807, 2.05) is 18.2 Å². The maximum absolute atomic E-state index is 12.9. The van der Waals surface area contributed by atoms with Gasteiger partial charge in [-0.05, 0) is 44.4 Å². The van der Waals surface area contributed by atoms with Crippen LogP contribution in [0.3, 0.4) is 0 Å². The fourth-order valence-electron chi connectivity index (χ4n) is 7.81. The van der Waals surface area contributed by atoms with E-state index in [2.05, 4.69) is 29.2 Å². The molecule has 19 heteroatoms. The number of carbonyl (C=O) groups excluding carboxylic acids is 1. The molecule has 0 amide bonds. The second kappa shape index (κ2) is 51.6. The molecule has 0 fully saturated rings. The number of benzene rings is 1. The number of aromatic nitrogens is 3. The number of hydrogen-bond donors (Lipinski definition) is 0. The van der Waals surface area contributed by atoms with Gasteiger partial charge in [-0.1, -0.05) is 135 Å². The standard InChI is InChI=1S/C57H103N4O14P/c1-5-9-11-13-15-17-19-21-23-25-27-72-56-45-53(46-57(47-56)73-28-26-24-22-20-18-16-14-12-10-6-2)48-58-49-55(62)51-61-50-54(59-60-61)52-71-42-41-69-38-37-67-34-33-65-30-29-64-31-32-66-35-36-68-39-40-70-43-44-76(63,74-7-3)75-8-4/h45-48,50H,5-44,49,51-52H2,1-4H3. The van der Waals surface area contributed by atoms with Gasteiger partial charge in [-0.15, -0.1) is 5.10 Å². The summed E-state index contributed by atoms with van der Waals surface area (Å²) in [5.74, 6) is 1.45. The zero-order chi connectivity index (χ0) is 54.5. The van der Waals surface area contributed by atoms with E-state index >= 15 is 0 Å². The molecule has 0 bridgehead atoms. The monoisotopic (exact) mass is 1100 g/mol. The van der Waals surface area contributed by atoms with Gasteiger partial charge in [0, 0.05) is 12.3 Å². The number of hydrogen-bond acceptors (Lipinski definition) is 17. The van der Waals surface area contributed by atoms with Gasteiger partial charge in [-0.25, -0.2) is 4.68 Å². The minimum Gasteiger partial charge on any atom is -0.493 e. The number of ketones is 1. The predicted octanol–water partition coefficient (Wildman–Crippen LogP) is 11.5. The number of Topliss-reactive ketones (excluding diaryl/α,β-unsaturated/α-hetero) is 1. The maximum atomic E-state index is 12.9. The van der Waals surface area contributed by atoms with Gasteiger partial charge in [0.1, 0.15) is 23.7 Å². The van der Waals surface area contributed by atoms with Crippen LogP contribution in [0.1, 0.15) is 167 Å². The Labute approximate surface area is 458 Å².